The molecule has 3 aliphatic heterocycles. The number of hydrogen-bond donors (Lipinski definition) is 4. The van der Waals surface area contributed by atoms with Crippen molar-refractivity contribution in [3.05, 3.63) is 64.7 Å². The topological polar surface area (TPSA) is 146 Å². The zero-order valence-electron chi connectivity index (χ0n) is 19.4. The van der Waals surface area contributed by atoms with E-state index in [0.29, 0.717) is 22.4 Å². The number of rotatable bonds is 4. The largest absolute Gasteiger partial charge is 0.497 e. The van der Waals surface area contributed by atoms with Crippen LogP contribution < -0.4 is 26.0 Å². The lowest BCUT2D eigenvalue weighted by atomic mass is 9.91. The molecule has 4 N–H and O–H groups in total. The summed E-state index contributed by atoms with van der Waals surface area (Å²) in [5.74, 6) is 4.78. The van der Waals surface area contributed by atoms with E-state index in [1.165, 1.54) is 12.0 Å². The number of nitrogens with one attached hydrogen (secondary N) is 4. The van der Waals surface area contributed by atoms with Crippen LogP contribution in [0, 0.1) is 11.8 Å². The number of methoxy groups -OCH3 is 1. The Balaban J connectivity index is 1.45. The number of urea groups is 2. The normalized spacial score (nSPS) is 24.4. The highest BCUT2D eigenvalue weighted by atomic mass is 16.5. The minimum atomic E-state index is -1.68. The molecule has 5 rings (SSSR count). The first-order valence-electron chi connectivity index (χ1n) is 11.0. The maximum absolute atomic E-state index is 13.0. The first kappa shape index (κ1) is 22.9. The zero-order valence-corrected chi connectivity index (χ0v) is 19.4. The summed E-state index contributed by atoms with van der Waals surface area (Å²) in [6, 6.07) is 10.5. The molecule has 2 atom stereocenters. The molecule has 0 aliphatic carbocycles. The maximum atomic E-state index is 13.0. The highest BCUT2D eigenvalue weighted by Gasteiger charge is 2.48. The minimum absolute atomic E-state index is 0.177. The Hall–Kier alpha value is -4.85. The van der Waals surface area contributed by atoms with Crippen molar-refractivity contribution in [2.75, 3.05) is 13.7 Å². The number of carbonyl (C=O) groups excluding carboxylic acids is 5. The predicted molar refractivity (Wildman–Crippen MR) is 124 cm³/mol. The van der Waals surface area contributed by atoms with Gasteiger partial charge in [0.05, 0.1) is 13.7 Å². The fourth-order valence-corrected chi connectivity index (χ4v) is 4.45. The molecule has 0 saturated carbocycles. The molecule has 1 unspecified atom stereocenters. The molecular formula is C25H21N5O6. The Labute approximate surface area is 205 Å². The van der Waals surface area contributed by atoms with E-state index in [4.69, 9.17) is 4.74 Å². The molecule has 2 aromatic rings. The van der Waals surface area contributed by atoms with Crippen LogP contribution >= 0.6 is 0 Å². The second-order valence-electron chi connectivity index (χ2n) is 8.86. The number of hydrogen-bond acceptors (Lipinski definition) is 6. The molecule has 36 heavy (non-hydrogen) atoms. The van der Waals surface area contributed by atoms with Crippen molar-refractivity contribution in [1.82, 2.24) is 26.2 Å². The molecule has 182 valence electrons. The van der Waals surface area contributed by atoms with E-state index in [1.54, 1.807) is 49.4 Å². The maximum Gasteiger partial charge on any atom is 0.323 e. The molecule has 11 nitrogen and oxygen atoms in total. The molecule has 2 fully saturated rings. The van der Waals surface area contributed by atoms with Crippen LogP contribution in [-0.4, -0.2) is 53.9 Å². The Morgan fingerprint density at radius 3 is 2.39 bits per heavy atom. The number of imide groups is 2. The Morgan fingerprint density at radius 1 is 0.972 bits per heavy atom. The fraction of sp³-hybridized carbons (Fsp3) is 0.240. The number of fused-ring (bicyclic) bond motifs is 1. The van der Waals surface area contributed by atoms with Crippen molar-refractivity contribution < 1.29 is 28.7 Å². The van der Waals surface area contributed by atoms with Gasteiger partial charge in [-0.05, 0) is 42.3 Å². The molecule has 2 aromatic carbocycles. The van der Waals surface area contributed by atoms with Gasteiger partial charge in [0.25, 0.3) is 17.7 Å². The van der Waals surface area contributed by atoms with Gasteiger partial charge >= 0.3 is 12.1 Å². The van der Waals surface area contributed by atoms with Crippen LogP contribution in [0.25, 0.3) is 0 Å². The van der Waals surface area contributed by atoms with Crippen molar-refractivity contribution in [1.29, 1.82) is 0 Å². The predicted octanol–water partition coefficient (Wildman–Crippen LogP) is 0.336. The van der Waals surface area contributed by atoms with Crippen LogP contribution in [0.3, 0.4) is 0 Å². The van der Waals surface area contributed by atoms with Crippen LogP contribution in [-0.2, 0) is 21.7 Å². The number of benzene rings is 2. The molecule has 2 saturated heterocycles. The van der Waals surface area contributed by atoms with Crippen molar-refractivity contribution in [3.63, 3.8) is 0 Å². The van der Waals surface area contributed by atoms with Gasteiger partial charge in [-0.3, -0.25) is 25.0 Å². The summed E-state index contributed by atoms with van der Waals surface area (Å²) < 4.78 is 5.20. The molecule has 0 aromatic heterocycles. The molecule has 0 bridgehead atoms. The quantitative estimate of drug-likeness (QED) is 0.361. The van der Waals surface area contributed by atoms with Crippen LogP contribution in [0.2, 0.25) is 0 Å². The van der Waals surface area contributed by atoms with Crippen molar-refractivity contribution >= 4 is 29.8 Å². The lowest BCUT2D eigenvalue weighted by Crippen LogP contribution is -2.54. The van der Waals surface area contributed by atoms with Crippen molar-refractivity contribution in [2.45, 2.75) is 24.5 Å². The Kier molecular flexibility index (Phi) is 5.17. The minimum Gasteiger partial charge on any atom is -0.497 e. The summed E-state index contributed by atoms with van der Waals surface area (Å²) in [4.78, 5) is 63.3. The molecule has 11 heteroatoms. The monoisotopic (exact) mass is 487 g/mol. The first-order chi connectivity index (χ1) is 17.1. The molecule has 7 amide bonds. The van der Waals surface area contributed by atoms with Gasteiger partial charge in [0.2, 0.25) is 5.54 Å². The summed E-state index contributed by atoms with van der Waals surface area (Å²) in [7, 11) is 1.50. The Bertz CT molecular complexity index is 1430. The van der Waals surface area contributed by atoms with Gasteiger partial charge in [-0.1, -0.05) is 30.0 Å². The smallest absolute Gasteiger partial charge is 0.323 e. The third-order valence-electron chi connectivity index (χ3n) is 6.47. The molecule has 3 aliphatic rings. The molecule has 0 spiro atoms. The van der Waals surface area contributed by atoms with Crippen molar-refractivity contribution in [2.24, 2.45) is 0 Å². The van der Waals surface area contributed by atoms with Crippen LogP contribution in [0.15, 0.2) is 42.5 Å². The van der Waals surface area contributed by atoms with Gasteiger partial charge < -0.3 is 20.3 Å². The number of nitrogens with zero attached hydrogens (tertiary/aromatic N) is 1. The van der Waals surface area contributed by atoms with Crippen molar-refractivity contribution in [3.8, 4) is 17.6 Å². The summed E-state index contributed by atoms with van der Waals surface area (Å²) >= 11 is 0. The summed E-state index contributed by atoms with van der Waals surface area (Å²) in [5, 5.41) is 9.55. The summed E-state index contributed by atoms with van der Waals surface area (Å²) in [6.07, 6.45) is 0. The van der Waals surface area contributed by atoms with E-state index in [0.717, 1.165) is 5.56 Å². The zero-order chi connectivity index (χ0) is 25.7. The van der Waals surface area contributed by atoms with E-state index in [2.05, 4.69) is 33.1 Å². The number of ether oxygens (including phenoxy) is 1. The average molecular weight is 487 g/mol. The van der Waals surface area contributed by atoms with E-state index in [1.807, 2.05) is 0 Å². The van der Waals surface area contributed by atoms with E-state index in [9.17, 15) is 24.0 Å². The highest BCUT2D eigenvalue weighted by Crippen LogP contribution is 2.29. The van der Waals surface area contributed by atoms with Gasteiger partial charge in [0.15, 0.2) is 0 Å². The van der Waals surface area contributed by atoms with Gasteiger partial charge in [-0.15, -0.1) is 0 Å². The van der Waals surface area contributed by atoms with E-state index in [-0.39, 0.29) is 19.0 Å². The third kappa shape index (κ3) is 3.69. The van der Waals surface area contributed by atoms with E-state index >= 15 is 0 Å². The standard InChI is InChI=1S/C25H21N5O6/c1-24(20(32)26-22(34)28-24)16-5-3-4-14(10-16)8-9-25(21(33)27-23(35)29-25)13-30-12-15-6-7-17(36-2)11-18(15)19(30)31/h3-7,10-11H,12-13H2,1-2H3,(H2,26,28,32,34)(H2,27,29,33,35)/t24?,25-/m1/s1. The van der Waals surface area contributed by atoms with E-state index < -0.39 is 35.0 Å². The molecule has 0 radical (unpaired) electrons. The molecule has 3 heterocycles. The van der Waals surface area contributed by atoms with Gasteiger partial charge in [0, 0.05) is 17.7 Å². The average Bonchev–Trinajstić information content (AvgIpc) is 3.42. The third-order valence-corrected chi connectivity index (χ3v) is 6.47. The van der Waals surface area contributed by atoms with Crippen LogP contribution in [0.5, 0.6) is 5.75 Å². The Morgan fingerprint density at radius 2 is 1.72 bits per heavy atom. The fourth-order valence-electron chi connectivity index (χ4n) is 4.45. The lowest BCUT2D eigenvalue weighted by Gasteiger charge is -2.26. The van der Waals surface area contributed by atoms with Gasteiger partial charge in [0.1, 0.15) is 11.3 Å². The number of amides is 7. The molecular weight excluding hydrogens is 466 g/mol. The summed E-state index contributed by atoms with van der Waals surface area (Å²) in [6.45, 7) is 1.63. The van der Waals surface area contributed by atoms with Crippen LogP contribution in [0.4, 0.5) is 9.59 Å². The van der Waals surface area contributed by atoms with Gasteiger partial charge in [-0.2, -0.15) is 0 Å². The SMILES string of the molecule is COc1ccc2c(c1)C(=O)N(C[C@@]1(C#Cc3cccc(C4(C)NC(=O)NC4=O)c3)NC(=O)NC1=O)C2. The van der Waals surface area contributed by atoms with Crippen LogP contribution in [0.1, 0.15) is 34.0 Å². The van der Waals surface area contributed by atoms with Gasteiger partial charge in [-0.25, -0.2) is 9.59 Å². The first-order valence-corrected chi connectivity index (χ1v) is 11.0. The highest BCUT2D eigenvalue weighted by molar-refractivity contribution is 6.10. The second-order valence-corrected chi connectivity index (χ2v) is 8.86. The summed E-state index contributed by atoms with van der Waals surface area (Å²) in [5.41, 5.74) is -0.799. The second kappa shape index (κ2) is 8.13. The lowest BCUT2D eigenvalue weighted by molar-refractivity contribution is -0.124. The number of carbonyl (C=O) groups is 5.